The predicted molar refractivity (Wildman–Crippen MR) is 124 cm³/mol. The normalized spacial score (nSPS) is 11.6. The monoisotopic (exact) mass is 471 g/mol. The number of hydrogen-bond donors (Lipinski definition) is 3. The van der Waals surface area contributed by atoms with Crippen molar-refractivity contribution in [2.45, 2.75) is 33.2 Å². The number of rotatable bonds is 9. The van der Waals surface area contributed by atoms with Gasteiger partial charge in [-0.1, -0.05) is 18.2 Å². The number of amides is 2. The molecule has 33 heavy (non-hydrogen) atoms. The molecule has 9 nitrogen and oxygen atoms in total. The summed E-state index contributed by atoms with van der Waals surface area (Å²) in [5.74, 6) is -2.13. The maximum Gasteiger partial charge on any atom is 0.348 e. The van der Waals surface area contributed by atoms with Crippen LogP contribution in [0.3, 0.4) is 0 Å². The second kappa shape index (κ2) is 10.8. The first-order chi connectivity index (χ1) is 15.8. The van der Waals surface area contributed by atoms with Gasteiger partial charge in [-0.25, -0.2) is 9.59 Å². The fraction of sp³-hybridized carbons (Fsp3) is 0.304. The predicted octanol–water partition coefficient (Wildman–Crippen LogP) is 2.94. The summed E-state index contributed by atoms with van der Waals surface area (Å²) in [5.41, 5.74) is 2.43. The molecule has 0 aliphatic rings. The summed E-state index contributed by atoms with van der Waals surface area (Å²) in [4.78, 5) is 52.0. The number of benzene rings is 1. The third kappa shape index (κ3) is 6.19. The standard InChI is InChI=1S/C23H25N3O6S/c1-4-31-23(30)21-13(2)9-20(33-21)26-19(28)12-32-22(29)18(25-14(3)27)10-15-11-24-17-8-6-5-7-16(15)17/h5-9,11,18,24H,4,10,12H2,1-3H3,(H,25,27)(H,26,28)/t18-/m0/s1. The smallest absolute Gasteiger partial charge is 0.348 e. The Balaban J connectivity index is 1.60. The van der Waals surface area contributed by atoms with Crippen LogP contribution in [0, 0.1) is 6.92 Å². The summed E-state index contributed by atoms with van der Waals surface area (Å²) in [6.45, 7) is 4.48. The number of fused-ring (bicyclic) bond motifs is 1. The maximum atomic E-state index is 12.6. The topological polar surface area (TPSA) is 127 Å². The van der Waals surface area contributed by atoms with Gasteiger partial charge in [-0.2, -0.15) is 0 Å². The molecular formula is C23H25N3O6S. The molecule has 174 valence electrons. The molecule has 1 atom stereocenters. The van der Waals surface area contributed by atoms with Crippen molar-refractivity contribution < 1.29 is 28.7 Å². The number of ether oxygens (including phenoxy) is 2. The van der Waals surface area contributed by atoms with Gasteiger partial charge >= 0.3 is 11.9 Å². The molecule has 0 saturated carbocycles. The Morgan fingerprint density at radius 2 is 1.91 bits per heavy atom. The van der Waals surface area contributed by atoms with Crippen LogP contribution in [0.2, 0.25) is 0 Å². The van der Waals surface area contributed by atoms with Crippen molar-refractivity contribution in [2.75, 3.05) is 18.5 Å². The number of aromatic nitrogens is 1. The average Bonchev–Trinajstić information content (AvgIpc) is 3.34. The molecule has 0 spiro atoms. The Morgan fingerprint density at radius 3 is 2.64 bits per heavy atom. The molecule has 0 aliphatic heterocycles. The Labute approximate surface area is 194 Å². The van der Waals surface area contributed by atoms with Gasteiger partial charge < -0.3 is 25.1 Å². The van der Waals surface area contributed by atoms with Gasteiger partial charge in [-0.3, -0.25) is 9.59 Å². The molecule has 0 unspecified atom stereocenters. The molecule has 2 aromatic heterocycles. The van der Waals surface area contributed by atoms with Gasteiger partial charge in [-0.05, 0) is 37.1 Å². The zero-order valence-corrected chi connectivity index (χ0v) is 19.3. The Hall–Kier alpha value is -3.66. The van der Waals surface area contributed by atoms with E-state index in [1.165, 1.54) is 6.92 Å². The first kappa shape index (κ1) is 24.0. The summed E-state index contributed by atoms with van der Waals surface area (Å²) < 4.78 is 10.1. The van der Waals surface area contributed by atoms with Gasteiger partial charge in [0.2, 0.25) is 5.91 Å². The lowest BCUT2D eigenvalue weighted by molar-refractivity contribution is -0.150. The quantitative estimate of drug-likeness (QED) is 0.412. The van der Waals surface area contributed by atoms with Crippen molar-refractivity contribution in [3.63, 3.8) is 0 Å². The van der Waals surface area contributed by atoms with E-state index < -0.39 is 30.5 Å². The lowest BCUT2D eigenvalue weighted by Gasteiger charge is -2.16. The number of carbonyl (C=O) groups is 4. The van der Waals surface area contributed by atoms with E-state index in [4.69, 9.17) is 9.47 Å². The molecular weight excluding hydrogens is 446 g/mol. The van der Waals surface area contributed by atoms with Gasteiger partial charge in [0.25, 0.3) is 5.91 Å². The van der Waals surface area contributed by atoms with Crippen molar-refractivity contribution in [2.24, 2.45) is 0 Å². The van der Waals surface area contributed by atoms with Crippen molar-refractivity contribution in [3.8, 4) is 0 Å². The highest BCUT2D eigenvalue weighted by atomic mass is 32.1. The molecule has 3 N–H and O–H groups in total. The number of nitrogens with one attached hydrogen (secondary N) is 3. The van der Waals surface area contributed by atoms with E-state index in [9.17, 15) is 19.2 Å². The number of anilines is 1. The number of carbonyl (C=O) groups excluding carboxylic acids is 4. The summed E-state index contributed by atoms with van der Waals surface area (Å²) in [7, 11) is 0. The Kier molecular flexibility index (Phi) is 7.83. The first-order valence-electron chi connectivity index (χ1n) is 10.3. The van der Waals surface area contributed by atoms with Gasteiger partial charge in [0.1, 0.15) is 10.9 Å². The van der Waals surface area contributed by atoms with E-state index in [1.54, 1.807) is 26.1 Å². The Morgan fingerprint density at radius 1 is 1.15 bits per heavy atom. The van der Waals surface area contributed by atoms with Crippen molar-refractivity contribution in [1.82, 2.24) is 10.3 Å². The van der Waals surface area contributed by atoms with Crippen LogP contribution < -0.4 is 10.6 Å². The highest BCUT2D eigenvalue weighted by molar-refractivity contribution is 7.18. The minimum atomic E-state index is -0.950. The molecule has 1 aromatic carbocycles. The SMILES string of the molecule is CCOC(=O)c1sc(NC(=O)COC(=O)[C@H](Cc2c[nH]c3ccccc23)NC(C)=O)cc1C. The zero-order valence-electron chi connectivity index (χ0n) is 18.5. The molecule has 0 saturated heterocycles. The number of para-hydroxylation sites is 1. The zero-order chi connectivity index (χ0) is 24.0. The van der Waals surface area contributed by atoms with Crippen LogP contribution in [-0.4, -0.2) is 48.0 Å². The van der Waals surface area contributed by atoms with Crippen LogP contribution >= 0.6 is 11.3 Å². The second-order valence-electron chi connectivity index (χ2n) is 7.32. The van der Waals surface area contributed by atoms with Crippen molar-refractivity contribution in [1.29, 1.82) is 0 Å². The first-order valence-corrected chi connectivity index (χ1v) is 11.2. The molecule has 0 bridgehead atoms. The van der Waals surface area contributed by atoms with Crippen LogP contribution in [-0.2, 0) is 30.3 Å². The minimum absolute atomic E-state index is 0.205. The summed E-state index contributed by atoms with van der Waals surface area (Å²) in [6, 6.07) is 8.30. The van der Waals surface area contributed by atoms with E-state index in [0.717, 1.165) is 27.8 Å². The molecule has 2 heterocycles. The molecule has 2 amide bonds. The fourth-order valence-corrected chi connectivity index (χ4v) is 4.30. The molecule has 3 rings (SSSR count). The molecule has 3 aromatic rings. The highest BCUT2D eigenvalue weighted by Gasteiger charge is 2.24. The summed E-state index contributed by atoms with van der Waals surface area (Å²) in [5, 5.41) is 6.56. The van der Waals surface area contributed by atoms with Gasteiger partial charge in [0.15, 0.2) is 6.61 Å². The third-order valence-electron chi connectivity index (χ3n) is 4.75. The average molecular weight is 472 g/mol. The van der Waals surface area contributed by atoms with E-state index in [1.807, 2.05) is 24.3 Å². The Bertz CT molecular complexity index is 1180. The van der Waals surface area contributed by atoms with E-state index >= 15 is 0 Å². The number of hydrogen-bond acceptors (Lipinski definition) is 7. The molecule has 0 radical (unpaired) electrons. The lowest BCUT2D eigenvalue weighted by atomic mass is 10.0. The van der Waals surface area contributed by atoms with Gasteiger partial charge in [0.05, 0.1) is 11.6 Å². The summed E-state index contributed by atoms with van der Waals surface area (Å²) >= 11 is 1.08. The lowest BCUT2D eigenvalue weighted by Crippen LogP contribution is -2.43. The number of esters is 2. The fourth-order valence-electron chi connectivity index (χ4n) is 3.31. The molecule has 0 aliphatic carbocycles. The largest absolute Gasteiger partial charge is 0.462 e. The minimum Gasteiger partial charge on any atom is -0.462 e. The van der Waals surface area contributed by atoms with Gasteiger partial charge in [0, 0.05) is 30.4 Å². The van der Waals surface area contributed by atoms with Crippen LogP contribution in [0.5, 0.6) is 0 Å². The highest BCUT2D eigenvalue weighted by Crippen LogP contribution is 2.27. The van der Waals surface area contributed by atoms with Crippen LogP contribution in [0.25, 0.3) is 10.9 Å². The van der Waals surface area contributed by atoms with E-state index in [0.29, 0.717) is 15.4 Å². The maximum absolute atomic E-state index is 12.6. The van der Waals surface area contributed by atoms with Crippen LogP contribution in [0.15, 0.2) is 36.5 Å². The van der Waals surface area contributed by atoms with E-state index in [-0.39, 0.29) is 18.9 Å². The number of aryl methyl sites for hydroxylation is 1. The van der Waals surface area contributed by atoms with Crippen molar-refractivity contribution >= 4 is 51.0 Å². The van der Waals surface area contributed by atoms with Crippen LogP contribution in [0.1, 0.15) is 34.6 Å². The van der Waals surface area contributed by atoms with Crippen LogP contribution in [0.4, 0.5) is 5.00 Å². The third-order valence-corrected chi connectivity index (χ3v) is 5.88. The summed E-state index contributed by atoms with van der Waals surface area (Å²) in [6.07, 6.45) is 1.98. The number of thiophene rings is 1. The van der Waals surface area contributed by atoms with Crippen molar-refractivity contribution in [3.05, 3.63) is 52.5 Å². The molecule has 0 fully saturated rings. The number of aromatic amines is 1. The molecule has 10 heteroatoms. The second-order valence-corrected chi connectivity index (χ2v) is 8.37. The van der Waals surface area contributed by atoms with Gasteiger partial charge in [-0.15, -0.1) is 11.3 Å². The number of H-pyrrole nitrogens is 1. The van der Waals surface area contributed by atoms with E-state index in [2.05, 4.69) is 15.6 Å².